The number of hydrogen-bond donors (Lipinski definition) is 1. The molecular weight excluding hydrogens is 330 g/mol. The fourth-order valence-corrected chi connectivity index (χ4v) is 3.89. The fraction of sp³-hybridized carbons (Fsp3) is 0.316. The van der Waals surface area contributed by atoms with Gasteiger partial charge in [-0.3, -0.25) is 9.88 Å². The molecule has 0 aromatic carbocycles. The van der Waals surface area contributed by atoms with E-state index >= 15 is 0 Å². The number of thiophene rings is 1. The van der Waals surface area contributed by atoms with E-state index in [1.807, 2.05) is 41.9 Å². The summed E-state index contributed by atoms with van der Waals surface area (Å²) in [6.07, 6.45) is 7.64. The van der Waals surface area contributed by atoms with Gasteiger partial charge in [0.05, 0.1) is 5.69 Å². The average Bonchev–Trinajstić information content (AvgIpc) is 3.17. The highest BCUT2D eigenvalue weighted by atomic mass is 32.1. The lowest BCUT2D eigenvalue weighted by molar-refractivity contribution is 0.212. The first-order valence-corrected chi connectivity index (χ1v) is 9.49. The highest BCUT2D eigenvalue weighted by molar-refractivity contribution is 7.09. The van der Waals surface area contributed by atoms with Gasteiger partial charge >= 0.3 is 0 Å². The lowest BCUT2D eigenvalue weighted by atomic mass is 10.1. The molecule has 1 N–H and O–H groups in total. The summed E-state index contributed by atoms with van der Waals surface area (Å²) in [4.78, 5) is 17.2. The molecule has 128 valence electrons. The number of nitrogens with one attached hydrogen (secondary N) is 1. The molecule has 1 saturated heterocycles. The zero-order valence-corrected chi connectivity index (χ0v) is 14.8. The molecule has 0 atom stereocenters. The molecule has 4 rings (SSSR count). The van der Waals surface area contributed by atoms with E-state index in [1.54, 1.807) is 6.20 Å². The highest BCUT2D eigenvalue weighted by Gasteiger charge is 2.20. The second-order valence-corrected chi connectivity index (χ2v) is 7.31. The molecule has 0 amide bonds. The van der Waals surface area contributed by atoms with Gasteiger partial charge in [0.1, 0.15) is 0 Å². The molecule has 1 aliphatic rings. The molecule has 1 fully saturated rings. The smallest absolute Gasteiger partial charge is 0.223 e. The number of pyridine rings is 1. The van der Waals surface area contributed by atoms with Crippen molar-refractivity contribution in [2.45, 2.75) is 25.4 Å². The zero-order chi connectivity index (χ0) is 16.9. The van der Waals surface area contributed by atoms with Crippen molar-refractivity contribution in [1.82, 2.24) is 19.9 Å². The third kappa shape index (κ3) is 4.21. The Balaban J connectivity index is 1.34. The summed E-state index contributed by atoms with van der Waals surface area (Å²) >= 11 is 1.84. The van der Waals surface area contributed by atoms with Gasteiger partial charge in [-0.25, -0.2) is 9.97 Å². The Morgan fingerprint density at radius 3 is 2.80 bits per heavy atom. The van der Waals surface area contributed by atoms with Gasteiger partial charge in [-0.1, -0.05) is 6.07 Å². The van der Waals surface area contributed by atoms with Crippen LogP contribution in [0.25, 0.3) is 11.3 Å². The Kier molecular flexibility index (Phi) is 4.99. The number of anilines is 1. The average molecular weight is 351 g/mol. The summed E-state index contributed by atoms with van der Waals surface area (Å²) in [5.41, 5.74) is 1.92. The lowest BCUT2D eigenvalue weighted by Gasteiger charge is -2.32. The maximum Gasteiger partial charge on any atom is 0.223 e. The van der Waals surface area contributed by atoms with Gasteiger partial charge in [0.25, 0.3) is 0 Å². The van der Waals surface area contributed by atoms with Crippen molar-refractivity contribution in [3.63, 3.8) is 0 Å². The van der Waals surface area contributed by atoms with Crippen molar-refractivity contribution in [3.05, 3.63) is 59.2 Å². The van der Waals surface area contributed by atoms with E-state index in [1.165, 1.54) is 4.88 Å². The Bertz CT molecular complexity index is 783. The van der Waals surface area contributed by atoms with E-state index in [0.29, 0.717) is 12.0 Å². The minimum Gasteiger partial charge on any atom is -0.351 e. The van der Waals surface area contributed by atoms with Crippen molar-refractivity contribution < 1.29 is 0 Å². The number of hydrogen-bond acceptors (Lipinski definition) is 6. The number of likely N-dealkylation sites (tertiary alicyclic amines) is 1. The number of piperidine rings is 1. The van der Waals surface area contributed by atoms with E-state index in [0.717, 1.165) is 43.7 Å². The molecule has 0 saturated carbocycles. The molecule has 0 bridgehead atoms. The summed E-state index contributed by atoms with van der Waals surface area (Å²) in [5.74, 6) is 0.707. The maximum absolute atomic E-state index is 4.64. The van der Waals surface area contributed by atoms with Crippen LogP contribution in [0.5, 0.6) is 0 Å². The minimum absolute atomic E-state index is 0.434. The second kappa shape index (κ2) is 7.72. The monoisotopic (exact) mass is 351 g/mol. The van der Waals surface area contributed by atoms with E-state index in [9.17, 15) is 0 Å². The van der Waals surface area contributed by atoms with E-state index in [-0.39, 0.29) is 0 Å². The van der Waals surface area contributed by atoms with Crippen molar-refractivity contribution in [1.29, 1.82) is 0 Å². The van der Waals surface area contributed by atoms with Crippen LogP contribution in [0.4, 0.5) is 5.95 Å². The first-order valence-electron chi connectivity index (χ1n) is 8.61. The predicted molar refractivity (Wildman–Crippen MR) is 102 cm³/mol. The van der Waals surface area contributed by atoms with E-state index < -0.39 is 0 Å². The van der Waals surface area contributed by atoms with E-state index in [4.69, 9.17) is 0 Å². The van der Waals surface area contributed by atoms with Gasteiger partial charge in [0.15, 0.2) is 0 Å². The molecule has 3 aromatic rings. The van der Waals surface area contributed by atoms with Gasteiger partial charge in [0.2, 0.25) is 5.95 Å². The third-order valence-corrected chi connectivity index (χ3v) is 5.35. The fourth-order valence-electron chi connectivity index (χ4n) is 3.14. The van der Waals surface area contributed by atoms with Crippen molar-refractivity contribution in [3.8, 4) is 11.3 Å². The number of nitrogens with zero attached hydrogens (tertiary/aromatic N) is 4. The molecule has 3 aromatic heterocycles. The zero-order valence-electron chi connectivity index (χ0n) is 14.0. The molecule has 0 radical (unpaired) electrons. The van der Waals surface area contributed by atoms with Crippen LogP contribution in [0, 0.1) is 0 Å². The Morgan fingerprint density at radius 2 is 2.04 bits per heavy atom. The molecule has 6 heteroatoms. The van der Waals surface area contributed by atoms with Crippen molar-refractivity contribution in [2.24, 2.45) is 0 Å². The number of rotatable bonds is 5. The molecule has 25 heavy (non-hydrogen) atoms. The Morgan fingerprint density at radius 1 is 1.12 bits per heavy atom. The SMILES string of the molecule is c1cncc(-c2ccnc(NC3CCN(Cc4cccs4)CC3)n2)c1. The van der Waals surface area contributed by atoms with Gasteiger partial charge in [-0.05, 0) is 42.5 Å². The molecule has 1 aliphatic heterocycles. The normalized spacial score (nSPS) is 16.0. The molecule has 0 aliphatic carbocycles. The Hall–Kier alpha value is -2.31. The summed E-state index contributed by atoms with van der Waals surface area (Å²) in [7, 11) is 0. The standard InChI is InChI=1S/C19H21N5S/c1-3-15(13-20-8-1)18-5-9-21-19(23-18)22-16-6-10-24(11-7-16)14-17-4-2-12-25-17/h1-5,8-9,12-13,16H,6-7,10-11,14H2,(H,21,22,23). The lowest BCUT2D eigenvalue weighted by Crippen LogP contribution is -2.38. The quantitative estimate of drug-likeness (QED) is 0.760. The van der Waals surface area contributed by atoms with Crippen LogP contribution in [-0.4, -0.2) is 39.0 Å². The van der Waals surface area contributed by atoms with Crippen LogP contribution < -0.4 is 5.32 Å². The first-order chi connectivity index (χ1) is 12.4. The largest absolute Gasteiger partial charge is 0.351 e. The molecule has 0 spiro atoms. The van der Waals surface area contributed by atoms with Crippen molar-refractivity contribution >= 4 is 17.3 Å². The van der Waals surface area contributed by atoms with Crippen LogP contribution in [0.2, 0.25) is 0 Å². The van der Waals surface area contributed by atoms with Crippen LogP contribution >= 0.6 is 11.3 Å². The Labute approximate surface area is 151 Å². The predicted octanol–water partition coefficient (Wildman–Crippen LogP) is 3.68. The summed E-state index contributed by atoms with van der Waals surface area (Å²) in [5, 5.41) is 5.65. The molecule has 0 unspecified atom stereocenters. The molecular formula is C19H21N5S. The van der Waals surface area contributed by atoms with Crippen LogP contribution in [0.15, 0.2) is 54.3 Å². The minimum atomic E-state index is 0.434. The van der Waals surface area contributed by atoms with E-state index in [2.05, 4.69) is 42.7 Å². The van der Waals surface area contributed by atoms with Gasteiger partial charge in [-0.2, -0.15) is 0 Å². The van der Waals surface area contributed by atoms with Gasteiger partial charge in [0, 0.05) is 54.7 Å². The highest BCUT2D eigenvalue weighted by Crippen LogP contribution is 2.20. The number of aromatic nitrogens is 3. The van der Waals surface area contributed by atoms with Gasteiger partial charge < -0.3 is 5.32 Å². The summed E-state index contributed by atoms with van der Waals surface area (Å²) < 4.78 is 0. The topological polar surface area (TPSA) is 53.9 Å². The molecule has 5 nitrogen and oxygen atoms in total. The third-order valence-electron chi connectivity index (χ3n) is 4.49. The van der Waals surface area contributed by atoms with Crippen molar-refractivity contribution in [2.75, 3.05) is 18.4 Å². The second-order valence-electron chi connectivity index (χ2n) is 6.28. The van der Waals surface area contributed by atoms with Crippen LogP contribution in [-0.2, 0) is 6.54 Å². The summed E-state index contributed by atoms with van der Waals surface area (Å²) in [6.45, 7) is 3.28. The first kappa shape index (κ1) is 16.2. The summed E-state index contributed by atoms with van der Waals surface area (Å²) in [6, 6.07) is 10.6. The van der Waals surface area contributed by atoms with Gasteiger partial charge in [-0.15, -0.1) is 11.3 Å². The molecule has 4 heterocycles. The van der Waals surface area contributed by atoms with Crippen LogP contribution in [0.3, 0.4) is 0 Å². The van der Waals surface area contributed by atoms with Crippen LogP contribution in [0.1, 0.15) is 17.7 Å². The maximum atomic E-state index is 4.64.